The van der Waals surface area contributed by atoms with Crippen molar-refractivity contribution in [3.8, 4) is 11.5 Å². The van der Waals surface area contributed by atoms with Crippen LogP contribution in [-0.4, -0.2) is 32.0 Å². The van der Waals surface area contributed by atoms with Gasteiger partial charge in [0, 0.05) is 30.5 Å². The molecule has 0 bridgehead atoms. The summed E-state index contributed by atoms with van der Waals surface area (Å²) < 4.78 is 30.0. The van der Waals surface area contributed by atoms with Crippen LogP contribution in [0.25, 0.3) is 11.0 Å². The van der Waals surface area contributed by atoms with Gasteiger partial charge < -0.3 is 18.9 Å². The molecule has 0 aliphatic carbocycles. The van der Waals surface area contributed by atoms with Gasteiger partial charge in [-0.1, -0.05) is 11.2 Å². The van der Waals surface area contributed by atoms with E-state index in [-0.39, 0.29) is 5.82 Å². The number of nitrogens with zero attached hydrogens (tertiary/aromatic N) is 2. The average Bonchev–Trinajstić information content (AvgIpc) is 3.11. The number of aromatic nitrogens is 1. The first kappa shape index (κ1) is 17.6. The molecule has 27 heavy (non-hydrogen) atoms. The van der Waals surface area contributed by atoms with Crippen LogP contribution in [0.15, 0.2) is 40.9 Å². The van der Waals surface area contributed by atoms with Gasteiger partial charge in [-0.15, -0.1) is 0 Å². The maximum Gasteiger partial charge on any atom is 0.184 e. The zero-order valence-electron chi connectivity index (χ0n) is 15.6. The summed E-state index contributed by atoms with van der Waals surface area (Å²) in [7, 11) is 1.68. The Kier molecular flexibility index (Phi) is 4.88. The summed E-state index contributed by atoms with van der Waals surface area (Å²) in [6, 6.07) is 10.6. The van der Waals surface area contributed by atoms with E-state index in [1.807, 2.05) is 19.1 Å². The van der Waals surface area contributed by atoms with Gasteiger partial charge in [-0.25, -0.2) is 4.39 Å². The second-order valence-electron chi connectivity index (χ2n) is 6.71. The molecule has 0 amide bonds. The number of rotatable bonds is 5. The Morgan fingerprint density at radius 2 is 2.04 bits per heavy atom. The quantitative estimate of drug-likeness (QED) is 0.648. The van der Waals surface area contributed by atoms with E-state index in [0.717, 1.165) is 54.2 Å². The summed E-state index contributed by atoms with van der Waals surface area (Å²) in [5.74, 6) is 1.54. The minimum atomic E-state index is -0.304. The molecule has 0 atom stereocenters. The van der Waals surface area contributed by atoms with Crippen molar-refractivity contribution in [2.24, 2.45) is 0 Å². The van der Waals surface area contributed by atoms with Gasteiger partial charge in [0.1, 0.15) is 5.82 Å². The minimum Gasteiger partial charge on any atom is -0.491 e. The van der Waals surface area contributed by atoms with Crippen molar-refractivity contribution in [1.29, 1.82) is 0 Å². The standard InChI is InChI=1S/C21H23FN2O3/c1-3-26-18-6-4-5-17(21(18)25-2)24-11-9-14(10-12-24)20-16-8-7-15(22)13-19(16)27-23-20/h4-8,13-14H,3,9-12H2,1-2H3. The molecule has 3 aromatic rings. The van der Waals surface area contributed by atoms with E-state index in [0.29, 0.717) is 18.1 Å². The highest BCUT2D eigenvalue weighted by atomic mass is 19.1. The van der Waals surface area contributed by atoms with Crippen LogP contribution in [-0.2, 0) is 0 Å². The summed E-state index contributed by atoms with van der Waals surface area (Å²) in [5.41, 5.74) is 2.49. The van der Waals surface area contributed by atoms with Crippen LogP contribution in [0.5, 0.6) is 11.5 Å². The van der Waals surface area contributed by atoms with Crippen LogP contribution in [0.3, 0.4) is 0 Å². The number of anilines is 1. The van der Waals surface area contributed by atoms with Gasteiger partial charge in [0.15, 0.2) is 17.1 Å². The van der Waals surface area contributed by atoms with Crippen molar-refractivity contribution in [1.82, 2.24) is 5.16 Å². The molecule has 5 nitrogen and oxygen atoms in total. The second kappa shape index (κ2) is 7.47. The molecule has 142 valence electrons. The third-order valence-corrected chi connectivity index (χ3v) is 5.15. The number of hydrogen-bond acceptors (Lipinski definition) is 5. The third kappa shape index (κ3) is 3.31. The molecule has 0 spiro atoms. The highest BCUT2D eigenvalue weighted by molar-refractivity contribution is 5.80. The molecule has 2 heterocycles. The first-order valence-electron chi connectivity index (χ1n) is 9.30. The second-order valence-corrected chi connectivity index (χ2v) is 6.71. The smallest absolute Gasteiger partial charge is 0.184 e. The summed E-state index contributed by atoms with van der Waals surface area (Å²) >= 11 is 0. The monoisotopic (exact) mass is 370 g/mol. The number of hydrogen-bond donors (Lipinski definition) is 0. The molecule has 4 rings (SSSR count). The highest BCUT2D eigenvalue weighted by Gasteiger charge is 2.27. The van der Waals surface area contributed by atoms with Gasteiger partial charge in [-0.05, 0) is 44.0 Å². The number of ether oxygens (including phenoxy) is 2. The van der Waals surface area contributed by atoms with Crippen LogP contribution < -0.4 is 14.4 Å². The van der Waals surface area contributed by atoms with E-state index in [1.165, 1.54) is 12.1 Å². The van der Waals surface area contributed by atoms with E-state index in [9.17, 15) is 4.39 Å². The summed E-state index contributed by atoms with van der Waals surface area (Å²) in [4.78, 5) is 2.32. The lowest BCUT2D eigenvalue weighted by Crippen LogP contribution is -2.33. The molecule has 1 fully saturated rings. The van der Waals surface area contributed by atoms with Gasteiger partial charge in [0.25, 0.3) is 0 Å². The molecule has 1 aliphatic heterocycles. The Bertz CT molecular complexity index is 932. The van der Waals surface area contributed by atoms with Crippen LogP contribution in [0.2, 0.25) is 0 Å². The maximum atomic E-state index is 13.4. The molecular weight excluding hydrogens is 347 g/mol. The van der Waals surface area contributed by atoms with E-state index in [2.05, 4.69) is 16.1 Å². The Morgan fingerprint density at radius 3 is 2.78 bits per heavy atom. The molecule has 1 aromatic heterocycles. The molecule has 0 N–H and O–H groups in total. The van der Waals surface area contributed by atoms with Gasteiger partial charge in [-0.3, -0.25) is 0 Å². The van der Waals surface area contributed by atoms with E-state index >= 15 is 0 Å². The number of methoxy groups -OCH3 is 1. The summed E-state index contributed by atoms with van der Waals surface area (Å²) in [6.45, 7) is 4.33. The number of para-hydroxylation sites is 1. The number of fused-ring (bicyclic) bond motifs is 1. The number of piperidine rings is 1. The Hall–Kier alpha value is -2.76. The topological polar surface area (TPSA) is 47.7 Å². The zero-order chi connectivity index (χ0) is 18.8. The van der Waals surface area contributed by atoms with Crippen LogP contribution in [0.1, 0.15) is 31.4 Å². The molecule has 0 radical (unpaired) electrons. The molecule has 1 saturated heterocycles. The normalized spacial score (nSPS) is 15.3. The fourth-order valence-electron chi connectivity index (χ4n) is 3.85. The zero-order valence-corrected chi connectivity index (χ0v) is 15.6. The molecule has 0 unspecified atom stereocenters. The fourth-order valence-corrected chi connectivity index (χ4v) is 3.85. The lowest BCUT2D eigenvalue weighted by molar-refractivity contribution is 0.310. The first-order valence-corrected chi connectivity index (χ1v) is 9.30. The summed E-state index contributed by atoms with van der Waals surface area (Å²) in [6.07, 6.45) is 1.89. The van der Waals surface area contributed by atoms with Crippen LogP contribution in [0.4, 0.5) is 10.1 Å². The van der Waals surface area contributed by atoms with Gasteiger partial charge in [-0.2, -0.15) is 0 Å². The van der Waals surface area contributed by atoms with E-state index in [1.54, 1.807) is 13.2 Å². The molecule has 1 aliphatic rings. The van der Waals surface area contributed by atoms with Gasteiger partial charge in [0.05, 0.1) is 25.1 Å². The summed E-state index contributed by atoms with van der Waals surface area (Å²) in [5, 5.41) is 5.13. The van der Waals surface area contributed by atoms with Crippen molar-refractivity contribution < 1.29 is 18.4 Å². The largest absolute Gasteiger partial charge is 0.491 e. The van der Waals surface area contributed by atoms with Crippen molar-refractivity contribution >= 4 is 16.7 Å². The molecule has 0 saturated carbocycles. The maximum absolute atomic E-state index is 13.4. The lowest BCUT2D eigenvalue weighted by atomic mass is 9.91. The highest BCUT2D eigenvalue weighted by Crippen LogP contribution is 2.40. The van der Waals surface area contributed by atoms with Gasteiger partial charge >= 0.3 is 0 Å². The fraction of sp³-hybridized carbons (Fsp3) is 0.381. The number of halogens is 1. The van der Waals surface area contributed by atoms with Crippen molar-refractivity contribution in [3.63, 3.8) is 0 Å². The third-order valence-electron chi connectivity index (χ3n) is 5.15. The Balaban J connectivity index is 1.53. The van der Waals surface area contributed by atoms with E-state index < -0.39 is 0 Å². The molecular formula is C21H23FN2O3. The lowest BCUT2D eigenvalue weighted by Gasteiger charge is -2.34. The van der Waals surface area contributed by atoms with Crippen molar-refractivity contribution in [2.45, 2.75) is 25.7 Å². The molecule has 6 heteroatoms. The predicted molar refractivity (Wildman–Crippen MR) is 102 cm³/mol. The molecule has 2 aromatic carbocycles. The first-order chi connectivity index (χ1) is 13.2. The van der Waals surface area contributed by atoms with Crippen LogP contribution in [0, 0.1) is 5.82 Å². The van der Waals surface area contributed by atoms with Crippen LogP contribution >= 0.6 is 0 Å². The average molecular weight is 370 g/mol. The SMILES string of the molecule is CCOc1cccc(N2CCC(c3noc4cc(F)ccc34)CC2)c1OC. The minimum absolute atomic E-state index is 0.300. The Morgan fingerprint density at radius 1 is 1.22 bits per heavy atom. The van der Waals surface area contributed by atoms with Gasteiger partial charge in [0.2, 0.25) is 0 Å². The Labute approximate surface area is 157 Å². The van der Waals surface area contributed by atoms with Crippen molar-refractivity contribution in [2.75, 3.05) is 31.7 Å². The van der Waals surface area contributed by atoms with E-state index in [4.69, 9.17) is 14.0 Å². The number of benzene rings is 2. The predicted octanol–water partition coefficient (Wildman–Crippen LogP) is 4.76. The van der Waals surface area contributed by atoms with Crippen molar-refractivity contribution in [3.05, 3.63) is 47.9 Å².